The van der Waals surface area contributed by atoms with Gasteiger partial charge >= 0.3 is 0 Å². The van der Waals surface area contributed by atoms with Crippen LogP contribution in [0, 0.1) is 5.92 Å². The maximum Gasteiger partial charge on any atom is 0.218 e. The van der Waals surface area contributed by atoms with Crippen LogP contribution in [0.15, 0.2) is 6.07 Å². The Labute approximate surface area is 114 Å². The second-order valence-electron chi connectivity index (χ2n) is 4.76. The van der Waals surface area contributed by atoms with E-state index >= 15 is 0 Å². The predicted octanol–water partition coefficient (Wildman–Crippen LogP) is 2.62. The third kappa shape index (κ3) is 5.03. The smallest absolute Gasteiger partial charge is 0.218 e. The van der Waals surface area contributed by atoms with E-state index in [-0.39, 0.29) is 0 Å². The molecule has 1 N–H and O–H groups in total. The first kappa shape index (κ1) is 14.1. The monoisotopic (exact) mass is 265 g/mol. The maximum absolute atomic E-state index is 5.72. The van der Waals surface area contributed by atoms with Crippen LogP contribution in [-0.2, 0) is 11.3 Å². The molecule has 0 bridgehead atoms. The number of hydrogen-bond donors (Lipinski definition) is 1. The van der Waals surface area contributed by atoms with Crippen LogP contribution in [0.5, 0.6) is 5.88 Å². The molecule has 0 unspecified atom stereocenters. The summed E-state index contributed by atoms with van der Waals surface area (Å²) in [6, 6.07) is 1.85. The molecule has 0 atom stereocenters. The molecule has 5 heteroatoms. The molecule has 0 aromatic carbocycles. The van der Waals surface area contributed by atoms with Crippen LogP contribution >= 0.6 is 0 Å². The number of anilines is 1. The molecule has 5 nitrogen and oxygen atoms in total. The Morgan fingerprint density at radius 3 is 2.84 bits per heavy atom. The van der Waals surface area contributed by atoms with Crippen LogP contribution in [0.1, 0.15) is 38.9 Å². The average Bonchev–Trinajstić information content (AvgIpc) is 3.21. The van der Waals surface area contributed by atoms with Gasteiger partial charge in [-0.1, -0.05) is 12.8 Å². The van der Waals surface area contributed by atoms with Gasteiger partial charge in [0.1, 0.15) is 12.4 Å². The molecule has 0 amide bonds. The fourth-order valence-corrected chi connectivity index (χ4v) is 1.81. The minimum atomic E-state index is 0.425. The lowest BCUT2D eigenvalue weighted by Crippen LogP contribution is -2.08. The molecular weight excluding hydrogens is 242 g/mol. The van der Waals surface area contributed by atoms with E-state index in [0.717, 1.165) is 31.3 Å². The molecule has 1 aromatic heterocycles. The first-order valence-corrected chi connectivity index (χ1v) is 7.14. The van der Waals surface area contributed by atoms with Crippen molar-refractivity contribution in [1.29, 1.82) is 0 Å². The molecule has 0 aliphatic heterocycles. The molecule has 0 saturated heterocycles. The summed E-state index contributed by atoms with van der Waals surface area (Å²) in [6.07, 6.45) is 3.83. The number of nitrogens with one attached hydrogen (secondary N) is 1. The SMILES string of the molecule is CCNc1cc(OCCC2CC2)nc(COCC)n1. The zero-order valence-corrected chi connectivity index (χ0v) is 11.8. The number of ether oxygens (including phenoxy) is 2. The summed E-state index contributed by atoms with van der Waals surface area (Å²) in [5.74, 6) is 2.98. The fourth-order valence-electron chi connectivity index (χ4n) is 1.81. The Balaban J connectivity index is 1.94. The molecule has 1 aromatic rings. The van der Waals surface area contributed by atoms with Gasteiger partial charge in [-0.15, -0.1) is 0 Å². The number of rotatable bonds is 9. The largest absolute Gasteiger partial charge is 0.478 e. The summed E-state index contributed by atoms with van der Waals surface area (Å²) in [6.45, 7) is 6.65. The van der Waals surface area contributed by atoms with Gasteiger partial charge in [-0.25, -0.2) is 4.98 Å². The molecule has 1 aliphatic carbocycles. The third-order valence-corrected chi connectivity index (χ3v) is 3.02. The van der Waals surface area contributed by atoms with Gasteiger partial charge in [0, 0.05) is 19.2 Å². The van der Waals surface area contributed by atoms with Crippen molar-refractivity contribution in [3.63, 3.8) is 0 Å². The molecule has 1 fully saturated rings. The van der Waals surface area contributed by atoms with Gasteiger partial charge in [-0.3, -0.25) is 0 Å². The van der Waals surface area contributed by atoms with Gasteiger partial charge in [0.25, 0.3) is 0 Å². The molecule has 106 valence electrons. The van der Waals surface area contributed by atoms with Crippen molar-refractivity contribution in [2.24, 2.45) is 5.92 Å². The second-order valence-corrected chi connectivity index (χ2v) is 4.76. The Bertz CT molecular complexity index is 394. The summed E-state index contributed by atoms with van der Waals surface area (Å²) >= 11 is 0. The molecule has 0 radical (unpaired) electrons. The van der Waals surface area contributed by atoms with E-state index in [1.807, 2.05) is 19.9 Å². The minimum Gasteiger partial charge on any atom is -0.478 e. The van der Waals surface area contributed by atoms with Crippen LogP contribution < -0.4 is 10.1 Å². The number of nitrogens with zero attached hydrogens (tertiary/aromatic N) is 2. The Morgan fingerprint density at radius 1 is 1.32 bits per heavy atom. The quantitative estimate of drug-likeness (QED) is 0.744. The minimum absolute atomic E-state index is 0.425. The van der Waals surface area contributed by atoms with Crippen molar-refractivity contribution in [2.45, 2.75) is 39.7 Å². The Hall–Kier alpha value is -1.36. The maximum atomic E-state index is 5.72. The van der Waals surface area contributed by atoms with E-state index < -0.39 is 0 Å². The summed E-state index contributed by atoms with van der Waals surface area (Å²) in [5.41, 5.74) is 0. The van der Waals surface area contributed by atoms with Gasteiger partial charge in [-0.05, 0) is 26.2 Å². The van der Waals surface area contributed by atoms with E-state index in [2.05, 4.69) is 15.3 Å². The van der Waals surface area contributed by atoms with Crippen molar-refractivity contribution in [3.8, 4) is 5.88 Å². The van der Waals surface area contributed by atoms with Gasteiger partial charge < -0.3 is 14.8 Å². The molecule has 1 saturated carbocycles. The molecule has 0 spiro atoms. The molecule has 19 heavy (non-hydrogen) atoms. The summed E-state index contributed by atoms with van der Waals surface area (Å²) < 4.78 is 11.1. The van der Waals surface area contributed by atoms with Crippen LogP contribution in [0.2, 0.25) is 0 Å². The summed E-state index contributed by atoms with van der Waals surface area (Å²) in [4.78, 5) is 8.76. The van der Waals surface area contributed by atoms with Crippen molar-refractivity contribution < 1.29 is 9.47 Å². The molecule has 1 aliphatic rings. The lowest BCUT2D eigenvalue weighted by atomic mass is 10.3. The highest BCUT2D eigenvalue weighted by atomic mass is 16.5. The molecule has 2 rings (SSSR count). The van der Waals surface area contributed by atoms with Gasteiger partial charge in [0.15, 0.2) is 5.82 Å². The van der Waals surface area contributed by atoms with Crippen LogP contribution in [0.3, 0.4) is 0 Å². The predicted molar refractivity (Wildman–Crippen MR) is 74.4 cm³/mol. The zero-order valence-electron chi connectivity index (χ0n) is 11.8. The van der Waals surface area contributed by atoms with Crippen LogP contribution in [-0.4, -0.2) is 29.7 Å². The normalized spacial score (nSPS) is 14.4. The summed E-state index contributed by atoms with van der Waals surface area (Å²) in [5, 5.41) is 3.19. The standard InChI is InChI=1S/C14H23N3O2/c1-3-15-12-9-14(19-8-7-11-5-6-11)17-13(16-12)10-18-4-2/h9,11H,3-8,10H2,1-2H3,(H,15,16,17). The molecular formula is C14H23N3O2. The van der Waals surface area contributed by atoms with E-state index in [4.69, 9.17) is 9.47 Å². The fraction of sp³-hybridized carbons (Fsp3) is 0.714. The highest BCUT2D eigenvalue weighted by Gasteiger charge is 2.20. The van der Waals surface area contributed by atoms with Crippen LogP contribution in [0.25, 0.3) is 0 Å². The highest BCUT2D eigenvalue weighted by molar-refractivity contribution is 5.38. The highest BCUT2D eigenvalue weighted by Crippen LogP contribution is 2.32. The van der Waals surface area contributed by atoms with E-state index in [1.54, 1.807) is 0 Å². The lowest BCUT2D eigenvalue weighted by Gasteiger charge is -2.10. The number of hydrogen-bond acceptors (Lipinski definition) is 5. The van der Waals surface area contributed by atoms with Crippen molar-refractivity contribution in [2.75, 3.05) is 25.1 Å². The Kier molecular flexibility index (Phi) is 5.39. The van der Waals surface area contributed by atoms with E-state index in [9.17, 15) is 0 Å². The zero-order chi connectivity index (χ0) is 13.5. The van der Waals surface area contributed by atoms with Gasteiger partial charge in [0.2, 0.25) is 5.88 Å². The average molecular weight is 265 g/mol. The topological polar surface area (TPSA) is 56.3 Å². The van der Waals surface area contributed by atoms with E-state index in [0.29, 0.717) is 24.9 Å². The van der Waals surface area contributed by atoms with E-state index in [1.165, 1.54) is 12.8 Å². The van der Waals surface area contributed by atoms with Crippen molar-refractivity contribution in [3.05, 3.63) is 11.9 Å². The van der Waals surface area contributed by atoms with Crippen molar-refractivity contribution in [1.82, 2.24) is 9.97 Å². The van der Waals surface area contributed by atoms with Crippen LogP contribution in [0.4, 0.5) is 5.82 Å². The summed E-state index contributed by atoms with van der Waals surface area (Å²) in [7, 11) is 0. The first-order chi connectivity index (χ1) is 9.31. The molecule has 1 heterocycles. The number of aromatic nitrogens is 2. The van der Waals surface area contributed by atoms with Crippen molar-refractivity contribution >= 4 is 5.82 Å². The second kappa shape index (κ2) is 7.28. The third-order valence-electron chi connectivity index (χ3n) is 3.02. The Morgan fingerprint density at radius 2 is 2.16 bits per heavy atom. The van der Waals surface area contributed by atoms with Gasteiger partial charge in [-0.2, -0.15) is 4.98 Å². The van der Waals surface area contributed by atoms with Gasteiger partial charge in [0.05, 0.1) is 6.61 Å². The first-order valence-electron chi connectivity index (χ1n) is 7.14. The lowest BCUT2D eigenvalue weighted by molar-refractivity contribution is 0.127.